The second-order valence-electron chi connectivity index (χ2n) is 8.45. The highest BCUT2D eigenvalue weighted by Crippen LogP contribution is 2.38. The quantitative estimate of drug-likeness (QED) is 0.279. The van der Waals surface area contributed by atoms with Crippen molar-refractivity contribution in [2.45, 2.75) is 19.2 Å². The normalized spacial score (nSPS) is 12.5. The van der Waals surface area contributed by atoms with Crippen LogP contribution in [0.3, 0.4) is 0 Å². The van der Waals surface area contributed by atoms with Gasteiger partial charge in [-0.2, -0.15) is 18.3 Å². The van der Waals surface area contributed by atoms with Crippen LogP contribution >= 0.6 is 0 Å². The van der Waals surface area contributed by atoms with Crippen molar-refractivity contribution in [1.82, 2.24) is 19.7 Å². The number of benzene rings is 3. The highest BCUT2D eigenvalue weighted by atomic mass is 19.4. The molecule has 0 radical (unpaired) electrons. The fourth-order valence-electron chi connectivity index (χ4n) is 4.02. The van der Waals surface area contributed by atoms with Crippen LogP contribution in [-0.2, 0) is 6.18 Å². The number of carbonyl (C=O) groups is 1. The lowest BCUT2D eigenvalue weighted by molar-refractivity contribution is -0.137. The molecular weight excluding hydrogens is 502 g/mol. The van der Waals surface area contributed by atoms with Crippen molar-refractivity contribution in [2.24, 2.45) is 0 Å². The van der Waals surface area contributed by atoms with E-state index in [1.807, 2.05) is 0 Å². The van der Waals surface area contributed by atoms with Gasteiger partial charge in [-0.1, -0.05) is 24.3 Å². The van der Waals surface area contributed by atoms with Crippen molar-refractivity contribution in [1.29, 1.82) is 0 Å². The first-order valence-corrected chi connectivity index (χ1v) is 11.4. The van der Waals surface area contributed by atoms with E-state index in [0.29, 0.717) is 22.2 Å². The van der Waals surface area contributed by atoms with E-state index in [0.717, 1.165) is 6.07 Å². The molecule has 0 fully saturated rings. The third-order valence-corrected chi connectivity index (χ3v) is 5.88. The molecule has 0 unspecified atom stereocenters. The summed E-state index contributed by atoms with van der Waals surface area (Å²) in [5.41, 5.74) is -0.863. The van der Waals surface area contributed by atoms with E-state index in [4.69, 9.17) is 0 Å². The van der Waals surface area contributed by atoms with Crippen molar-refractivity contribution >= 4 is 22.6 Å². The predicted octanol–water partition coefficient (Wildman–Crippen LogP) is 5.95. The Kier molecular flexibility index (Phi) is 6.37. The van der Waals surface area contributed by atoms with Gasteiger partial charge in [0.05, 0.1) is 28.4 Å². The summed E-state index contributed by atoms with van der Waals surface area (Å²) in [6.45, 7) is 1.60. The zero-order chi connectivity index (χ0) is 27.0. The lowest BCUT2D eigenvalue weighted by Crippen LogP contribution is -2.18. The first-order valence-electron chi connectivity index (χ1n) is 11.4. The summed E-state index contributed by atoms with van der Waals surface area (Å²) < 4.78 is 57.5. The number of rotatable bonds is 5. The first-order chi connectivity index (χ1) is 18.1. The minimum Gasteiger partial charge on any atom is -0.389 e. The predicted molar refractivity (Wildman–Crippen MR) is 132 cm³/mol. The zero-order valence-corrected chi connectivity index (χ0v) is 19.7. The van der Waals surface area contributed by atoms with E-state index in [-0.39, 0.29) is 17.7 Å². The Bertz CT molecular complexity index is 1630. The summed E-state index contributed by atoms with van der Waals surface area (Å²) in [6.07, 6.45) is -3.18. The molecule has 0 aliphatic carbocycles. The highest BCUT2D eigenvalue weighted by molar-refractivity contribution is 6.09. The van der Waals surface area contributed by atoms with E-state index in [1.54, 1.807) is 55.5 Å². The van der Waals surface area contributed by atoms with Crippen LogP contribution in [0.2, 0.25) is 0 Å². The van der Waals surface area contributed by atoms with Crippen molar-refractivity contribution in [3.63, 3.8) is 0 Å². The number of alkyl halides is 3. The Balaban J connectivity index is 1.63. The Morgan fingerprint density at radius 1 is 1.00 bits per heavy atom. The van der Waals surface area contributed by atoms with E-state index >= 15 is 0 Å². The molecule has 0 spiro atoms. The van der Waals surface area contributed by atoms with Crippen molar-refractivity contribution in [3.05, 3.63) is 102 Å². The Hall–Kier alpha value is -4.64. The molecule has 0 aliphatic rings. The number of carbonyl (C=O) groups excluding carboxylic acids is 1. The number of halogens is 4. The third-order valence-electron chi connectivity index (χ3n) is 5.88. The zero-order valence-electron chi connectivity index (χ0n) is 19.7. The van der Waals surface area contributed by atoms with Gasteiger partial charge in [-0.3, -0.25) is 4.79 Å². The first kappa shape index (κ1) is 25.0. The molecule has 2 heterocycles. The smallest absolute Gasteiger partial charge is 0.389 e. The van der Waals surface area contributed by atoms with Crippen molar-refractivity contribution in [3.8, 4) is 17.1 Å². The maximum absolute atomic E-state index is 15.0. The largest absolute Gasteiger partial charge is 0.417 e. The van der Waals surface area contributed by atoms with Gasteiger partial charge in [-0.15, -0.1) is 0 Å². The Labute approximate surface area is 213 Å². The molecule has 5 aromatic rings. The van der Waals surface area contributed by atoms with E-state index in [2.05, 4.69) is 20.4 Å². The molecule has 3 aromatic carbocycles. The average Bonchev–Trinajstić information content (AvgIpc) is 3.26. The maximum atomic E-state index is 15.0. The number of hydrogen-bond acceptors (Lipinski definition) is 5. The molecule has 0 bridgehead atoms. The topological polar surface area (TPSA) is 92.9 Å². The second kappa shape index (κ2) is 9.67. The molecule has 1 amide bonds. The number of anilines is 1. The number of amides is 1. The van der Waals surface area contributed by atoms with Crippen molar-refractivity contribution in [2.75, 3.05) is 5.32 Å². The summed E-state index contributed by atoms with van der Waals surface area (Å²) in [6, 6.07) is 16.2. The van der Waals surface area contributed by atoms with Crippen LogP contribution in [0.1, 0.15) is 34.5 Å². The fraction of sp³-hybridized carbons (Fsp3) is 0.111. The van der Waals surface area contributed by atoms with Gasteiger partial charge in [-0.25, -0.2) is 19.0 Å². The molecule has 2 aromatic heterocycles. The molecule has 7 nitrogen and oxygen atoms in total. The van der Waals surface area contributed by atoms with E-state index < -0.39 is 40.7 Å². The molecule has 38 heavy (non-hydrogen) atoms. The molecule has 0 aliphatic heterocycles. The monoisotopic (exact) mass is 521 g/mol. The van der Waals surface area contributed by atoms with Crippen molar-refractivity contribution < 1.29 is 27.5 Å². The number of nitrogens with zero attached hydrogens (tertiary/aromatic N) is 4. The number of aromatic nitrogens is 4. The van der Waals surface area contributed by atoms with Gasteiger partial charge >= 0.3 is 6.18 Å². The standard InChI is InChI=1S/C27H19F4N5O2/c1-15(37)16-8-9-18-23(12-16)35-36(17-6-3-2-4-7-17)25(18)34-26(38)20-13-19(24-32-10-5-11-33-24)21(14-22(20)28)27(29,30)31/h2-15,37H,1H3,(H,34,38)/t15-/m0/s1. The molecule has 0 saturated carbocycles. The molecule has 0 saturated heterocycles. The SMILES string of the molecule is C[C@H](O)c1ccc2c(NC(=O)c3cc(-c4ncccn4)c(C(F)(F)F)cc3F)n(-c3ccccc3)nc2c1. The molecule has 5 rings (SSSR count). The number of hydrogen-bond donors (Lipinski definition) is 2. The second-order valence-corrected chi connectivity index (χ2v) is 8.45. The summed E-state index contributed by atoms with van der Waals surface area (Å²) in [5, 5.41) is 17.6. The lowest BCUT2D eigenvalue weighted by atomic mass is 10.0. The van der Waals surface area contributed by atoms with Gasteiger partial charge in [0.1, 0.15) is 11.6 Å². The summed E-state index contributed by atoms with van der Waals surface area (Å²) in [7, 11) is 0. The molecule has 2 N–H and O–H groups in total. The van der Waals surface area contributed by atoms with Crippen LogP contribution in [0.25, 0.3) is 28.0 Å². The Morgan fingerprint density at radius 2 is 1.71 bits per heavy atom. The van der Waals surface area contributed by atoms with Gasteiger partial charge in [-0.05, 0) is 55.0 Å². The fourth-order valence-corrected chi connectivity index (χ4v) is 4.02. The molecular formula is C27H19F4N5O2. The highest BCUT2D eigenvalue weighted by Gasteiger charge is 2.36. The minimum atomic E-state index is -4.91. The lowest BCUT2D eigenvalue weighted by Gasteiger charge is -2.15. The number of aliphatic hydroxyl groups excluding tert-OH is 1. The van der Waals surface area contributed by atoms with E-state index in [1.165, 1.54) is 23.1 Å². The number of para-hydroxylation sites is 1. The molecule has 11 heteroatoms. The van der Waals surface area contributed by atoms with Crippen LogP contribution in [0.15, 0.2) is 79.1 Å². The maximum Gasteiger partial charge on any atom is 0.417 e. The van der Waals surface area contributed by atoms with Gasteiger partial charge in [0.25, 0.3) is 5.91 Å². The summed E-state index contributed by atoms with van der Waals surface area (Å²) in [4.78, 5) is 21.0. The van der Waals surface area contributed by atoms with Crippen LogP contribution < -0.4 is 5.32 Å². The van der Waals surface area contributed by atoms with Gasteiger partial charge in [0, 0.05) is 23.3 Å². The molecule has 1 atom stereocenters. The molecule has 192 valence electrons. The Morgan fingerprint density at radius 3 is 2.37 bits per heavy atom. The van der Waals surface area contributed by atoms with Crippen LogP contribution in [-0.4, -0.2) is 30.8 Å². The average molecular weight is 521 g/mol. The number of nitrogens with one attached hydrogen (secondary N) is 1. The van der Waals surface area contributed by atoms with Crippen LogP contribution in [0, 0.1) is 5.82 Å². The third kappa shape index (κ3) is 4.71. The summed E-state index contributed by atoms with van der Waals surface area (Å²) in [5.74, 6) is -2.49. The van der Waals surface area contributed by atoms with E-state index in [9.17, 15) is 27.5 Å². The summed E-state index contributed by atoms with van der Waals surface area (Å²) >= 11 is 0. The minimum absolute atomic E-state index is 0.171. The number of fused-ring (bicyclic) bond motifs is 1. The van der Waals surface area contributed by atoms with Crippen LogP contribution in [0.5, 0.6) is 0 Å². The van der Waals surface area contributed by atoms with Gasteiger partial charge in [0.2, 0.25) is 0 Å². The van der Waals surface area contributed by atoms with Gasteiger partial charge in [0.15, 0.2) is 5.82 Å². The van der Waals surface area contributed by atoms with Crippen LogP contribution in [0.4, 0.5) is 23.4 Å². The van der Waals surface area contributed by atoms with Gasteiger partial charge < -0.3 is 10.4 Å². The number of aliphatic hydroxyl groups is 1.